The first-order valence-electron chi connectivity index (χ1n) is 2.45. The molecule has 1 saturated heterocycles. The molecule has 4 heterocycles. The Morgan fingerprint density at radius 3 is 3.11 bits per heavy atom. The van der Waals surface area contributed by atoms with Crippen LogP contribution >= 0.6 is 8.60 Å². The highest BCUT2D eigenvalue weighted by atomic mass is 31.2. The van der Waals surface area contributed by atoms with Crippen molar-refractivity contribution < 1.29 is 18.3 Å². The number of aliphatic imine (C=N–C) groups is 1. The highest BCUT2D eigenvalue weighted by molar-refractivity contribution is 7.43. The zero-order valence-electron chi connectivity index (χ0n) is 4.23. The van der Waals surface area contributed by atoms with E-state index in [0.717, 1.165) is 0 Å². The highest BCUT2D eigenvalue weighted by Crippen LogP contribution is 2.63. The van der Waals surface area contributed by atoms with E-state index < -0.39 is 14.5 Å². The monoisotopic (exact) mass is 147 g/mol. The Hall–Kier alpha value is -0.380. The van der Waals surface area contributed by atoms with Gasteiger partial charge in [0, 0.05) is 0 Å². The van der Waals surface area contributed by atoms with Crippen LogP contribution in [0.15, 0.2) is 4.99 Å². The van der Waals surface area contributed by atoms with Crippen molar-refractivity contribution in [2.75, 3.05) is 6.61 Å². The molecule has 0 N–H and O–H groups in total. The van der Waals surface area contributed by atoms with Gasteiger partial charge < -0.3 is 9.26 Å². The number of ether oxygens (including phenoxy) is 1. The van der Waals surface area contributed by atoms with Gasteiger partial charge in [0.25, 0.3) is 0 Å². The second kappa shape index (κ2) is 1.08. The Labute approximate surface area is 51.6 Å². The molecule has 0 aliphatic carbocycles. The summed E-state index contributed by atoms with van der Waals surface area (Å²) >= 11 is 0. The lowest BCUT2D eigenvalue weighted by atomic mass is 10.6. The van der Waals surface area contributed by atoms with Crippen molar-refractivity contribution in [2.24, 2.45) is 4.99 Å². The summed E-state index contributed by atoms with van der Waals surface area (Å²) in [6, 6.07) is 0. The fraction of sp³-hybridized carbons (Fsp3) is 0.667. The molecule has 9 heavy (non-hydrogen) atoms. The fourth-order valence-corrected chi connectivity index (χ4v) is 1.80. The second-order valence-corrected chi connectivity index (χ2v) is 2.87. The first-order valence-corrected chi connectivity index (χ1v) is 3.55. The van der Waals surface area contributed by atoms with E-state index in [0.29, 0.717) is 12.7 Å². The van der Waals surface area contributed by atoms with Crippen molar-refractivity contribution in [3.8, 4) is 0 Å². The number of hydrogen-bond acceptors (Lipinski definition) is 5. The van der Waals surface area contributed by atoms with Crippen LogP contribution in [0.1, 0.15) is 0 Å². The summed E-state index contributed by atoms with van der Waals surface area (Å²) in [5, 5.41) is 0. The van der Waals surface area contributed by atoms with Crippen LogP contribution in [-0.2, 0) is 18.3 Å². The summed E-state index contributed by atoms with van der Waals surface area (Å²) in [6.45, 7) is 0.334. The molecule has 0 aromatic rings. The SMILES string of the molecule is C1OC2=NC13OP(O2)O3. The third-order valence-electron chi connectivity index (χ3n) is 1.23. The van der Waals surface area contributed by atoms with Crippen molar-refractivity contribution in [2.45, 2.75) is 5.91 Å². The van der Waals surface area contributed by atoms with E-state index in [1.165, 1.54) is 0 Å². The average Bonchev–Trinajstić information content (AvgIpc) is 2.03. The lowest BCUT2D eigenvalue weighted by molar-refractivity contribution is -0.193. The predicted octanol–water partition coefficient (Wildman–Crippen LogP) is 0.330. The molecule has 6 heteroatoms. The topological polar surface area (TPSA) is 49.3 Å². The largest absolute Gasteiger partial charge is 0.442 e. The van der Waals surface area contributed by atoms with Gasteiger partial charge in [-0.25, -0.2) is 9.05 Å². The summed E-state index contributed by atoms with van der Waals surface area (Å²) < 4.78 is 19.9. The molecule has 0 aromatic heterocycles. The van der Waals surface area contributed by atoms with Crippen molar-refractivity contribution in [3.05, 3.63) is 0 Å². The molecule has 4 aliphatic heterocycles. The van der Waals surface area contributed by atoms with E-state index in [9.17, 15) is 0 Å². The van der Waals surface area contributed by atoms with Gasteiger partial charge in [0.05, 0.1) is 0 Å². The smallest absolute Gasteiger partial charge is 0.409 e. The van der Waals surface area contributed by atoms with Crippen LogP contribution in [0, 0.1) is 0 Å². The van der Waals surface area contributed by atoms with Crippen molar-refractivity contribution >= 4 is 14.7 Å². The first kappa shape index (κ1) is 4.44. The molecular formula is C3H2NO4P. The Kier molecular flexibility index (Phi) is 0.530. The molecule has 0 atom stereocenters. The van der Waals surface area contributed by atoms with Gasteiger partial charge in [-0.2, -0.15) is 0 Å². The molecule has 48 valence electrons. The minimum atomic E-state index is -1.13. The molecule has 1 spiro atoms. The average molecular weight is 147 g/mol. The third kappa shape index (κ3) is 0.397. The van der Waals surface area contributed by atoms with E-state index in [1.807, 2.05) is 0 Å². The molecule has 0 radical (unpaired) electrons. The minimum Gasteiger partial charge on any atom is -0.442 e. The van der Waals surface area contributed by atoms with Crippen molar-refractivity contribution in [1.82, 2.24) is 0 Å². The normalized spacial score (nSPS) is 50.7. The number of nitrogens with zero attached hydrogens (tertiary/aromatic N) is 1. The molecule has 1 fully saturated rings. The first-order chi connectivity index (χ1) is 4.36. The highest BCUT2D eigenvalue weighted by Gasteiger charge is 2.61. The van der Waals surface area contributed by atoms with Crippen LogP contribution in [0.5, 0.6) is 0 Å². The Bertz CT molecular complexity index is 198. The predicted molar refractivity (Wildman–Crippen MR) is 26.3 cm³/mol. The Balaban J connectivity index is 2.12. The maximum absolute atomic E-state index is 5.06. The van der Waals surface area contributed by atoms with Crippen LogP contribution in [0.3, 0.4) is 0 Å². The van der Waals surface area contributed by atoms with Gasteiger partial charge in [-0.3, -0.25) is 0 Å². The molecule has 0 saturated carbocycles. The van der Waals surface area contributed by atoms with Gasteiger partial charge in [0.15, 0.2) is 6.61 Å². The Morgan fingerprint density at radius 2 is 2.44 bits per heavy atom. The van der Waals surface area contributed by atoms with Gasteiger partial charge in [-0.1, -0.05) is 0 Å². The summed E-state index contributed by atoms with van der Waals surface area (Å²) in [5.41, 5.74) is 0. The minimum absolute atomic E-state index is 0.318. The number of hydrogen-bond donors (Lipinski definition) is 0. The van der Waals surface area contributed by atoms with E-state index in [2.05, 4.69) is 4.99 Å². The van der Waals surface area contributed by atoms with E-state index in [1.54, 1.807) is 0 Å². The van der Waals surface area contributed by atoms with Crippen LogP contribution in [-0.4, -0.2) is 18.6 Å². The van der Waals surface area contributed by atoms with E-state index >= 15 is 0 Å². The van der Waals surface area contributed by atoms with Gasteiger partial charge in [-0.15, -0.1) is 4.99 Å². The maximum atomic E-state index is 5.06. The molecule has 0 aromatic carbocycles. The molecule has 0 amide bonds. The van der Waals surface area contributed by atoms with Crippen LogP contribution in [0.2, 0.25) is 0 Å². The summed E-state index contributed by atoms with van der Waals surface area (Å²) in [6.07, 6.45) is 0.318. The van der Waals surface area contributed by atoms with Crippen molar-refractivity contribution in [1.29, 1.82) is 0 Å². The molecule has 5 nitrogen and oxygen atoms in total. The lowest BCUT2D eigenvalue weighted by Crippen LogP contribution is -2.41. The van der Waals surface area contributed by atoms with Gasteiger partial charge in [0.1, 0.15) is 0 Å². The van der Waals surface area contributed by atoms with Crippen LogP contribution in [0.25, 0.3) is 0 Å². The summed E-state index contributed by atoms with van der Waals surface area (Å²) in [5.74, 6) is -0.792. The van der Waals surface area contributed by atoms with Crippen LogP contribution in [0.4, 0.5) is 0 Å². The summed E-state index contributed by atoms with van der Waals surface area (Å²) in [4.78, 5) is 3.84. The molecular weight excluding hydrogens is 145 g/mol. The standard InChI is InChI=1S/C3H2NO4P/c1-3-4-2(5-1)6-9(7-3)8-3/h1H2. The lowest BCUT2D eigenvalue weighted by Gasteiger charge is -2.37. The van der Waals surface area contributed by atoms with Crippen LogP contribution < -0.4 is 0 Å². The number of rotatable bonds is 0. The zero-order valence-corrected chi connectivity index (χ0v) is 5.13. The Morgan fingerprint density at radius 1 is 1.56 bits per heavy atom. The quantitative estimate of drug-likeness (QED) is 0.463. The molecule has 3 bridgehead atoms. The molecule has 4 aliphatic rings. The maximum Gasteiger partial charge on any atom is 0.409 e. The second-order valence-electron chi connectivity index (χ2n) is 1.88. The van der Waals surface area contributed by atoms with Gasteiger partial charge >= 0.3 is 20.6 Å². The van der Waals surface area contributed by atoms with E-state index in [4.69, 9.17) is 18.3 Å². The fourth-order valence-electron chi connectivity index (χ4n) is 0.838. The summed E-state index contributed by atoms with van der Waals surface area (Å²) in [7, 11) is -1.13. The molecule has 0 unspecified atom stereocenters. The zero-order chi connectivity index (χ0) is 5.90. The van der Waals surface area contributed by atoms with Gasteiger partial charge in [-0.05, 0) is 0 Å². The van der Waals surface area contributed by atoms with Gasteiger partial charge in [0.2, 0.25) is 0 Å². The van der Waals surface area contributed by atoms with E-state index in [-0.39, 0.29) is 0 Å². The molecule has 4 rings (SSSR count). The third-order valence-corrected chi connectivity index (χ3v) is 2.40. The van der Waals surface area contributed by atoms with Crippen molar-refractivity contribution in [3.63, 3.8) is 0 Å².